The fourth-order valence-corrected chi connectivity index (χ4v) is 3.75. The largest absolute Gasteiger partial charge is 0.480 e. The summed E-state index contributed by atoms with van der Waals surface area (Å²) in [7, 11) is 0. The number of nitrogens with one attached hydrogen (secondary N) is 2. The zero-order chi connectivity index (χ0) is 23.1. The number of anilines is 1. The van der Waals surface area contributed by atoms with Gasteiger partial charge in [0.15, 0.2) is 0 Å². The number of rotatable bonds is 13. The van der Waals surface area contributed by atoms with Crippen LogP contribution in [0.2, 0.25) is 0 Å². The first-order valence-electron chi connectivity index (χ1n) is 10.7. The first kappa shape index (κ1) is 26.6. The molecule has 0 aliphatic rings. The highest BCUT2D eigenvalue weighted by atomic mass is 32.2. The molecule has 0 aliphatic carbocycles. The number of aliphatic carboxylic acids is 1. The smallest absolute Gasteiger partial charge is 0.327 e. The van der Waals surface area contributed by atoms with Crippen LogP contribution in [0.25, 0.3) is 0 Å². The van der Waals surface area contributed by atoms with Crippen molar-refractivity contribution in [2.24, 2.45) is 0 Å². The van der Waals surface area contributed by atoms with Crippen LogP contribution in [0.5, 0.6) is 0 Å². The summed E-state index contributed by atoms with van der Waals surface area (Å²) < 4.78 is 0. The standard InChI is InChI=1S/C25H36N2O3S/c1-19(2)10-8-11-20(3)12-9-13-21(4)16-17-31-18-23(24(28)29)27-25(30)26-22-14-6-5-7-15-22/h5-7,10,12,14-16,23H,8-9,11,13,17-18H2,1-4H3,(H,28,29)(H2,26,27,30)/t23-/m0/s1. The maximum Gasteiger partial charge on any atom is 0.327 e. The fraction of sp³-hybridized carbons (Fsp3) is 0.440. The quantitative estimate of drug-likeness (QED) is 0.242. The molecule has 1 rings (SSSR count). The molecule has 5 nitrogen and oxygen atoms in total. The van der Waals surface area contributed by atoms with Gasteiger partial charge in [0.1, 0.15) is 6.04 Å². The highest BCUT2D eigenvalue weighted by Gasteiger charge is 2.19. The molecule has 0 saturated heterocycles. The number of thioether (sulfide) groups is 1. The van der Waals surface area contributed by atoms with E-state index in [1.807, 2.05) is 6.07 Å². The Morgan fingerprint density at radius 1 is 0.968 bits per heavy atom. The number of amides is 2. The van der Waals surface area contributed by atoms with Gasteiger partial charge in [-0.2, -0.15) is 11.8 Å². The van der Waals surface area contributed by atoms with Gasteiger partial charge in [-0.05, 0) is 65.5 Å². The van der Waals surface area contributed by atoms with E-state index in [0.29, 0.717) is 11.4 Å². The Balaban J connectivity index is 2.33. The lowest BCUT2D eigenvalue weighted by molar-refractivity contribution is -0.138. The van der Waals surface area contributed by atoms with Gasteiger partial charge in [0, 0.05) is 17.2 Å². The Labute approximate surface area is 191 Å². The Morgan fingerprint density at radius 2 is 1.58 bits per heavy atom. The second-order valence-corrected chi connectivity index (χ2v) is 8.93. The van der Waals surface area contributed by atoms with Crippen molar-refractivity contribution in [3.63, 3.8) is 0 Å². The van der Waals surface area contributed by atoms with Crippen LogP contribution in [0.3, 0.4) is 0 Å². The number of carbonyl (C=O) groups is 2. The van der Waals surface area contributed by atoms with Crippen LogP contribution in [0.1, 0.15) is 53.4 Å². The van der Waals surface area contributed by atoms with Crippen molar-refractivity contribution in [1.82, 2.24) is 5.32 Å². The maximum atomic E-state index is 12.0. The van der Waals surface area contributed by atoms with E-state index in [2.05, 4.69) is 56.6 Å². The summed E-state index contributed by atoms with van der Waals surface area (Å²) in [4.78, 5) is 23.5. The Kier molecular flexibility index (Phi) is 13.2. The average molecular weight is 445 g/mol. The minimum atomic E-state index is -1.04. The van der Waals surface area contributed by atoms with Crippen molar-refractivity contribution in [2.75, 3.05) is 16.8 Å². The van der Waals surface area contributed by atoms with Crippen LogP contribution < -0.4 is 10.6 Å². The van der Waals surface area contributed by atoms with Crippen molar-refractivity contribution >= 4 is 29.4 Å². The summed E-state index contributed by atoms with van der Waals surface area (Å²) in [5, 5.41) is 14.5. The van der Waals surface area contributed by atoms with Gasteiger partial charge in [-0.1, -0.05) is 53.1 Å². The van der Waals surface area contributed by atoms with Gasteiger partial charge in [0.05, 0.1) is 0 Å². The van der Waals surface area contributed by atoms with Crippen LogP contribution in [-0.4, -0.2) is 34.7 Å². The summed E-state index contributed by atoms with van der Waals surface area (Å²) in [5.41, 5.74) is 4.70. The molecule has 0 aliphatic heterocycles. The number of benzene rings is 1. The maximum absolute atomic E-state index is 12.0. The molecule has 0 radical (unpaired) electrons. The highest BCUT2D eigenvalue weighted by molar-refractivity contribution is 7.99. The van der Waals surface area contributed by atoms with Gasteiger partial charge < -0.3 is 15.7 Å². The van der Waals surface area contributed by atoms with Crippen molar-refractivity contribution in [1.29, 1.82) is 0 Å². The lowest BCUT2D eigenvalue weighted by Crippen LogP contribution is -2.44. The van der Waals surface area contributed by atoms with E-state index in [4.69, 9.17) is 0 Å². The third-order valence-electron chi connectivity index (χ3n) is 4.59. The number of carboxylic acid groups (broad SMARTS) is 1. The highest BCUT2D eigenvalue weighted by Crippen LogP contribution is 2.13. The average Bonchev–Trinajstić information content (AvgIpc) is 2.70. The number of carbonyl (C=O) groups excluding carboxylic acids is 1. The topological polar surface area (TPSA) is 78.4 Å². The lowest BCUT2D eigenvalue weighted by Gasteiger charge is -2.14. The third-order valence-corrected chi connectivity index (χ3v) is 5.56. The normalized spacial score (nSPS) is 12.8. The minimum Gasteiger partial charge on any atom is -0.480 e. The molecule has 0 fully saturated rings. The molecular weight excluding hydrogens is 408 g/mol. The Bertz CT molecular complexity index is 781. The molecule has 1 aromatic rings. The predicted molar refractivity (Wildman–Crippen MR) is 133 cm³/mol. The van der Waals surface area contributed by atoms with Crippen molar-refractivity contribution in [3.8, 4) is 0 Å². The van der Waals surface area contributed by atoms with Crippen LogP contribution in [-0.2, 0) is 4.79 Å². The number of allylic oxidation sites excluding steroid dienone is 5. The molecule has 31 heavy (non-hydrogen) atoms. The van der Waals surface area contributed by atoms with E-state index >= 15 is 0 Å². The number of hydrogen-bond acceptors (Lipinski definition) is 3. The molecule has 1 aromatic carbocycles. The molecule has 0 bridgehead atoms. The molecule has 3 N–H and O–H groups in total. The van der Waals surface area contributed by atoms with Gasteiger partial charge in [-0.25, -0.2) is 9.59 Å². The monoisotopic (exact) mass is 444 g/mol. The zero-order valence-corrected chi connectivity index (χ0v) is 19.9. The third kappa shape index (κ3) is 13.4. The van der Waals surface area contributed by atoms with Crippen LogP contribution >= 0.6 is 11.8 Å². The summed E-state index contributed by atoms with van der Waals surface area (Å²) in [5.74, 6) is -0.00361. The van der Waals surface area contributed by atoms with Gasteiger partial charge in [-0.15, -0.1) is 0 Å². The molecule has 170 valence electrons. The molecule has 1 atom stereocenters. The Morgan fingerprint density at radius 3 is 2.19 bits per heavy atom. The number of hydrogen-bond donors (Lipinski definition) is 3. The van der Waals surface area contributed by atoms with E-state index in [1.165, 1.54) is 28.5 Å². The molecule has 0 saturated carbocycles. The number of para-hydroxylation sites is 1. The molecule has 0 aromatic heterocycles. The van der Waals surface area contributed by atoms with E-state index in [0.717, 1.165) is 31.4 Å². The Hall–Kier alpha value is -2.47. The zero-order valence-electron chi connectivity index (χ0n) is 19.1. The van der Waals surface area contributed by atoms with Gasteiger partial charge in [0.2, 0.25) is 0 Å². The van der Waals surface area contributed by atoms with Crippen LogP contribution in [0.15, 0.2) is 65.3 Å². The molecule has 2 amide bonds. The second-order valence-electron chi connectivity index (χ2n) is 7.85. The number of carboxylic acids is 1. The summed E-state index contributed by atoms with van der Waals surface area (Å²) in [6.07, 6.45) is 10.9. The summed E-state index contributed by atoms with van der Waals surface area (Å²) in [6, 6.07) is 7.49. The van der Waals surface area contributed by atoms with Crippen LogP contribution in [0.4, 0.5) is 10.5 Å². The van der Waals surface area contributed by atoms with Gasteiger partial charge in [0.25, 0.3) is 0 Å². The fourth-order valence-electron chi connectivity index (χ4n) is 2.75. The molecule has 6 heteroatoms. The molecule has 0 unspecified atom stereocenters. The number of urea groups is 1. The van der Waals surface area contributed by atoms with Crippen molar-refractivity contribution < 1.29 is 14.7 Å². The minimum absolute atomic E-state index is 0.310. The first-order valence-corrected chi connectivity index (χ1v) is 11.8. The van der Waals surface area contributed by atoms with E-state index in [-0.39, 0.29) is 0 Å². The van der Waals surface area contributed by atoms with Crippen LogP contribution in [0, 0.1) is 0 Å². The van der Waals surface area contributed by atoms with Gasteiger partial charge in [-0.3, -0.25) is 0 Å². The second kappa shape index (κ2) is 15.3. The van der Waals surface area contributed by atoms with Crippen molar-refractivity contribution in [2.45, 2.75) is 59.4 Å². The first-order chi connectivity index (χ1) is 14.8. The summed E-state index contributed by atoms with van der Waals surface area (Å²) in [6.45, 7) is 8.53. The molecular formula is C25H36N2O3S. The summed E-state index contributed by atoms with van der Waals surface area (Å²) >= 11 is 1.50. The lowest BCUT2D eigenvalue weighted by atomic mass is 10.1. The van der Waals surface area contributed by atoms with E-state index in [9.17, 15) is 14.7 Å². The van der Waals surface area contributed by atoms with Crippen molar-refractivity contribution in [3.05, 3.63) is 65.3 Å². The molecule has 0 heterocycles. The van der Waals surface area contributed by atoms with E-state index in [1.54, 1.807) is 24.3 Å². The predicted octanol–water partition coefficient (Wildman–Crippen LogP) is 6.41. The van der Waals surface area contributed by atoms with E-state index < -0.39 is 18.0 Å². The SMILES string of the molecule is CC(C)=CCCC(C)=CCCC(C)=CCSC[C@H](NC(=O)Nc1ccccc1)C(=O)O. The van der Waals surface area contributed by atoms with Gasteiger partial charge >= 0.3 is 12.0 Å². The molecule has 0 spiro atoms.